The molecule has 0 aliphatic rings. The number of halogens is 1. The first-order valence-electron chi connectivity index (χ1n) is 6.87. The van der Waals surface area contributed by atoms with E-state index in [4.69, 9.17) is 4.74 Å². The van der Waals surface area contributed by atoms with E-state index in [9.17, 15) is 12.8 Å². The highest BCUT2D eigenvalue weighted by molar-refractivity contribution is 7.98. The van der Waals surface area contributed by atoms with Gasteiger partial charge in [-0.2, -0.15) is 0 Å². The van der Waals surface area contributed by atoms with Crippen LogP contribution in [0, 0.1) is 5.82 Å². The van der Waals surface area contributed by atoms with Crippen LogP contribution in [0.4, 0.5) is 4.39 Å². The van der Waals surface area contributed by atoms with E-state index in [-0.39, 0.29) is 10.6 Å². The van der Waals surface area contributed by atoms with Crippen molar-refractivity contribution in [1.29, 1.82) is 0 Å². The van der Waals surface area contributed by atoms with Crippen LogP contribution in [0.2, 0.25) is 0 Å². The lowest BCUT2D eigenvalue weighted by molar-refractivity contribution is 0.400. The van der Waals surface area contributed by atoms with E-state index in [0.29, 0.717) is 0 Å². The standard InChI is InChI=1S/C16H18FNO3S2/c1-11(12-4-7-14(22-3)8-5-12)18-23(19,20)16-10-13(17)6-9-15(16)21-2/h4-11,18H,1-3H3. The lowest BCUT2D eigenvalue weighted by Gasteiger charge is -2.16. The highest BCUT2D eigenvalue weighted by Gasteiger charge is 2.23. The van der Waals surface area contributed by atoms with E-state index in [0.717, 1.165) is 22.6 Å². The van der Waals surface area contributed by atoms with E-state index in [1.807, 2.05) is 30.5 Å². The van der Waals surface area contributed by atoms with Gasteiger partial charge in [-0.3, -0.25) is 0 Å². The third kappa shape index (κ3) is 4.25. The van der Waals surface area contributed by atoms with Crippen LogP contribution in [0.25, 0.3) is 0 Å². The minimum absolute atomic E-state index is 0.101. The first-order valence-corrected chi connectivity index (χ1v) is 9.58. The topological polar surface area (TPSA) is 55.4 Å². The minimum Gasteiger partial charge on any atom is -0.495 e. The zero-order valence-electron chi connectivity index (χ0n) is 13.0. The predicted molar refractivity (Wildman–Crippen MR) is 89.9 cm³/mol. The quantitative estimate of drug-likeness (QED) is 0.805. The molecule has 0 fully saturated rings. The smallest absolute Gasteiger partial charge is 0.244 e. The normalized spacial score (nSPS) is 12.9. The molecule has 2 aromatic carbocycles. The van der Waals surface area contributed by atoms with E-state index in [1.165, 1.54) is 13.2 Å². The van der Waals surface area contributed by atoms with Crippen molar-refractivity contribution in [3.8, 4) is 5.75 Å². The fourth-order valence-corrected chi connectivity index (χ4v) is 3.94. The molecule has 0 aliphatic heterocycles. The highest BCUT2D eigenvalue weighted by Crippen LogP contribution is 2.26. The molecule has 0 heterocycles. The Morgan fingerprint density at radius 1 is 1.17 bits per heavy atom. The Morgan fingerprint density at radius 2 is 1.83 bits per heavy atom. The minimum atomic E-state index is -3.91. The van der Waals surface area contributed by atoms with Crippen molar-refractivity contribution < 1.29 is 17.5 Å². The number of nitrogens with one attached hydrogen (secondary N) is 1. The van der Waals surface area contributed by atoms with Gasteiger partial charge in [0.05, 0.1) is 7.11 Å². The highest BCUT2D eigenvalue weighted by atomic mass is 32.2. The summed E-state index contributed by atoms with van der Waals surface area (Å²) in [6, 6.07) is 10.5. The summed E-state index contributed by atoms with van der Waals surface area (Å²) in [6.07, 6.45) is 1.97. The Morgan fingerprint density at radius 3 is 2.39 bits per heavy atom. The maximum Gasteiger partial charge on any atom is 0.244 e. The summed E-state index contributed by atoms with van der Waals surface area (Å²) in [6.45, 7) is 1.73. The van der Waals surface area contributed by atoms with Crippen LogP contribution in [0.5, 0.6) is 5.75 Å². The molecule has 0 saturated carbocycles. The third-order valence-corrected chi connectivity index (χ3v) is 5.67. The van der Waals surface area contributed by atoms with Gasteiger partial charge in [-0.15, -0.1) is 11.8 Å². The molecular weight excluding hydrogens is 337 g/mol. The Labute approximate surface area is 140 Å². The number of thioether (sulfide) groups is 1. The molecule has 124 valence electrons. The molecule has 0 radical (unpaired) electrons. The molecule has 0 amide bonds. The monoisotopic (exact) mass is 355 g/mol. The number of hydrogen-bond acceptors (Lipinski definition) is 4. The molecule has 4 nitrogen and oxygen atoms in total. The van der Waals surface area contributed by atoms with E-state index < -0.39 is 21.9 Å². The fourth-order valence-electron chi connectivity index (χ4n) is 2.12. The van der Waals surface area contributed by atoms with Crippen molar-refractivity contribution in [2.75, 3.05) is 13.4 Å². The Balaban J connectivity index is 2.28. The van der Waals surface area contributed by atoms with Crippen molar-refractivity contribution in [3.05, 3.63) is 53.8 Å². The van der Waals surface area contributed by atoms with Crippen molar-refractivity contribution >= 4 is 21.8 Å². The Kier molecular flexibility index (Phi) is 5.67. The maximum atomic E-state index is 13.4. The molecule has 0 spiro atoms. The van der Waals surface area contributed by atoms with Crippen molar-refractivity contribution in [1.82, 2.24) is 4.72 Å². The van der Waals surface area contributed by atoms with E-state index in [2.05, 4.69) is 4.72 Å². The third-order valence-electron chi connectivity index (χ3n) is 3.36. The van der Waals surface area contributed by atoms with Crippen molar-refractivity contribution in [2.24, 2.45) is 0 Å². The van der Waals surface area contributed by atoms with Gasteiger partial charge < -0.3 is 4.74 Å². The largest absolute Gasteiger partial charge is 0.495 e. The average molecular weight is 355 g/mol. The molecule has 0 aliphatic carbocycles. The van der Waals surface area contributed by atoms with Gasteiger partial charge in [-0.05, 0) is 49.1 Å². The van der Waals surface area contributed by atoms with Crippen LogP contribution in [0.3, 0.4) is 0 Å². The summed E-state index contributed by atoms with van der Waals surface area (Å²) < 4.78 is 46.0. The van der Waals surface area contributed by atoms with Crippen LogP contribution < -0.4 is 9.46 Å². The van der Waals surface area contributed by atoms with Crippen LogP contribution >= 0.6 is 11.8 Å². The summed E-state index contributed by atoms with van der Waals surface area (Å²) in [5, 5.41) is 0. The second-order valence-electron chi connectivity index (χ2n) is 4.91. The van der Waals surface area contributed by atoms with Gasteiger partial charge in [0.1, 0.15) is 16.5 Å². The number of methoxy groups -OCH3 is 1. The molecule has 7 heteroatoms. The average Bonchev–Trinajstić information content (AvgIpc) is 2.54. The number of hydrogen-bond donors (Lipinski definition) is 1. The van der Waals surface area contributed by atoms with Gasteiger partial charge in [0.2, 0.25) is 10.0 Å². The zero-order valence-corrected chi connectivity index (χ0v) is 14.7. The van der Waals surface area contributed by atoms with Crippen LogP contribution in [0.1, 0.15) is 18.5 Å². The SMILES string of the molecule is COc1ccc(F)cc1S(=O)(=O)NC(C)c1ccc(SC)cc1. The summed E-state index contributed by atoms with van der Waals surface area (Å²) >= 11 is 1.61. The van der Waals surface area contributed by atoms with Gasteiger partial charge in [0.15, 0.2) is 0 Å². The Bertz CT molecular complexity index is 776. The lowest BCUT2D eigenvalue weighted by Crippen LogP contribution is -2.27. The first kappa shape index (κ1) is 17.8. The molecule has 0 bridgehead atoms. The fraction of sp³-hybridized carbons (Fsp3) is 0.250. The van der Waals surface area contributed by atoms with Crippen LogP contribution in [-0.2, 0) is 10.0 Å². The molecule has 2 aromatic rings. The molecular formula is C16H18FNO3S2. The number of rotatable bonds is 6. The summed E-state index contributed by atoms with van der Waals surface area (Å²) in [5.74, 6) is -0.535. The lowest BCUT2D eigenvalue weighted by atomic mass is 10.1. The predicted octanol–water partition coefficient (Wildman–Crippen LogP) is 3.60. The van der Waals surface area contributed by atoms with Crippen molar-refractivity contribution in [3.63, 3.8) is 0 Å². The summed E-state index contributed by atoms with van der Waals surface area (Å²) in [4.78, 5) is 0.878. The van der Waals surface area contributed by atoms with E-state index >= 15 is 0 Å². The van der Waals surface area contributed by atoms with Gasteiger partial charge in [-0.25, -0.2) is 17.5 Å². The summed E-state index contributed by atoms with van der Waals surface area (Å²) in [7, 11) is -2.56. The van der Waals surface area contributed by atoms with Crippen molar-refractivity contribution in [2.45, 2.75) is 22.8 Å². The second kappa shape index (κ2) is 7.33. The summed E-state index contributed by atoms with van der Waals surface area (Å²) in [5.41, 5.74) is 0.821. The van der Waals surface area contributed by atoms with Gasteiger partial charge in [-0.1, -0.05) is 12.1 Å². The molecule has 1 N–H and O–H groups in total. The molecule has 0 aromatic heterocycles. The zero-order chi connectivity index (χ0) is 17.0. The van der Waals surface area contributed by atoms with Gasteiger partial charge in [0, 0.05) is 10.9 Å². The van der Waals surface area contributed by atoms with Gasteiger partial charge in [0.25, 0.3) is 0 Å². The number of sulfonamides is 1. The molecule has 23 heavy (non-hydrogen) atoms. The van der Waals surface area contributed by atoms with E-state index in [1.54, 1.807) is 18.7 Å². The molecule has 0 saturated heterocycles. The van der Waals surface area contributed by atoms with Crippen LogP contribution in [-0.4, -0.2) is 21.8 Å². The second-order valence-corrected chi connectivity index (χ2v) is 7.47. The number of benzene rings is 2. The van der Waals surface area contributed by atoms with Gasteiger partial charge >= 0.3 is 0 Å². The molecule has 2 rings (SSSR count). The maximum absolute atomic E-state index is 13.4. The Hall–Kier alpha value is -1.57. The van der Waals surface area contributed by atoms with Crippen LogP contribution in [0.15, 0.2) is 52.3 Å². The number of ether oxygens (including phenoxy) is 1. The molecule has 1 atom stereocenters. The first-order chi connectivity index (χ1) is 10.9. The molecule has 1 unspecified atom stereocenters.